The molecule has 16 heavy (non-hydrogen) atoms. The zero-order chi connectivity index (χ0) is 13.0. The van der Waals surface area contributed by atoms with E-state index in [-0.39, 0.29) is 0 Å². The number of rotatable bonds is 1. The Kier molecular flexibility index (Phi) is 11.3. The Morgan fingerprint density at radius 1 is 1.00 bits per heavy atom. The van der Waals surface area contributed by atoms with Crippen LogP contribution in [0.1, 0.15) is 13.8 Å². The van der Waals surface area contributed by atoms with Gasteiger partial charge in [0.25, 0.3) is 11.9 Å². The van der Waals surface area contributed by atoms with Gasteiger partial charge in [0.2, 0.25) is 0 Å². The van der Waals surface area contributed by atoms with Gasteiger partial charge in [-0.15, -0.1) is 0 Å². The number of hydrogen-bond donors (Lipinski definition) is 2. The van der Waals surface area contributed by atoms with Crippen molar-refractivity contribution in [3.8, 4) is 5.75 Å². The molecule has 1 aromatic carbocycles. The van der Waals surface area contributed by atoms with Crippen LogP contribution >= 0.6 is 0 Å². The van der Waals surface area contributed by atoms with E-state index < -0.39 is 11.9 Å². The highest BCUT2D eigenvalue weighted by atomic mass is 16.5. The number of carboxylic acids is 2. The Morgan fingerprint density at radius 3 is 1.50 bits per heavy atom. The van der Waals surface area contributed by atoms with Gasteiger partial charge in [-0.2, -0.15) is 0 Å². The number of aliphatic carboxylic acids is 2. The number of ether oxygens (including phenoxy) is 1. The molecule has 0 bridgehead atoms. The molecule has 0 heterocycles. The van der Waals surface area contributed by atoms with Gasteiger partial charge in [0.1, 0.15) is 5.75 Å². The highest BCUT2D eigenvalue weighted by Crippen LogP contribution is 2.05. The molecule has 0 saturated carbocycles. The number of para-hydroxylation sites is 1. The molecule has 1 aromatic rings. The first-order valence-corrected chi connectivity index (χ1v) is 4.38. The third-order valence-corrected chi connectivity index (χ3v) is 0.979. The molecule has 0 fully saturated rings. The van der Waals surface area contributed by atoms with Crippen LogP contribution in [0, 0.1) is 0 Å². The van der Waals surface area contributed by atoms with Crippen LogP contribution in [-0.2, 0) is 9.59 Å². The predicted molar refractivity (Wildman–Crippen MR) is 59.6 cm³/mol. The molecule has 0 unspecified atom stereocenters. The number of carboxylic acid groups (broad SMARTS) is 2. The Labute approximate surface area is 94.3 Å². The second-order valence-corrected chi connectivity index (χ2v) is 2.56. The molecule has 5 heteroatoms. The number of hydrogen-bond acceptors (Lipinski definition) is 3. The number of methoxy groups -OCH3 is 1. The molecule has 0 aromatic heterocycles. The summed E-state index contributed by atoms with van der Waals surface area (Å²) in [5.41, 5.74) is 0. The van der Waals surface area contributed by atoms with Crippen molar-refractivity contribution in [2.24, 2.45) is 0 Å². The average Bonchev–Trinajstić information content (AvgIpc) is 2.17. The smallest absolute Gasteiger partial charge is 0.300 e. The first kappa shape index (κ1) is 16.4. The average molecular weight is 228 g/mol. The van der Waals surface area contributed by atoms with E-state index in [4.69, 9.17) is 24.5 Å². The van der Waals surface area contributed by atoms with Gasteiger partial charge in [-0.05, 0) is 12.1 Å². The molecule has 0 saturated heterocycles. The summed E-state index contributed by atoms with van der Waals surface area (Å²) >= 11 is 0. The Bertz CT molecular complexity index is 275. The van der Waals surface area contributed by atoms with Gasteiger partial charge in [0.05, 0.1) is 7.11 Å². The maximum Gasteiger partial charge on any atom is 0.300 e. The summed E-state index contributed by atoms with van der Waals surface area (Å²) in [6.45, 7) is 2.17. The van der Waals surface area contributed by atoms with Crippen molar-refractivity contribution in [3.05, 3.63) is 30.3 Å². The third kappa shape index (κ3) is 22.7. The third-order valence-electron chi connectivity index (χ3n) is 0.979. The van der Waals surface area contributed by atoms with Gasteiger partial charge >= 0.3 is 0 Å². The highest BCUT2D eigenvalue weighted by Gasteiger charge is 1.80. The lowest BCUT2D eigenvalue weighted by molar-refractivity contribution is -0.135. The van der Waals surface area contributed by atoms with Crippen LogP contribution in [0.25, 0.3) is 0 Å². The largest absolute Gasteiger partial charge is 0.497 e. The zero-order valence-corrected chi connectivity index (χ0v) is 9.51. The lowest BCUT2D eigenvalue weighted by Crippen LogP contribution is -1.78. The molecule has 90 valence electrons. The zero-order valence-electron chi connectivity index (χ0n) is 9.51. The fourth-order valence-electron chi connectivity index (χ4n) is 0.557. The van der Waals surface area contributed by atoms with Crippen LogP contribution in [0.15, 0.2) is 30.3 Å². The maximum atomic E-state index is 9.00. The molecule has 0 spiro atoms. The van der Waals surface area contributed by atoms with Crippen molar-refractivity contribution in [2.45, 2.75) is 13.8 Å². The van der Waals surface area contributed by atoms with Crippen LogP contribution < -0.4 is 4.74 Å². The Morgan fingerprint density at radius 2 is 1.31 bits per heavy atom. The van der Waals surface area contributed by atoms with E-state index in [0.29, 0.717) is 0 Å². The summed E-state index contributed by atoms with van der Waals surface area (Å²) < 4.78 is 4.91. The summed E-state index contributed by atoms with van der Waals surface area (Å²) in [7, 11) is 1.66. The molecular weight excluding hydrogens is 212 g/mol. The van der Waals surface area contributed by atoms with Crippen molar-refractivity contribution in [2.75, 3.05) is 7.11 Å². The quantitative estimate of drug-likeness (QED) is 0.766. The normalized spacial score (nSPS) is 7.44. The molecule has 1 rings (SSSR count). The van der Waals surface area contributed by atoms with E-state index >= 15 is 0 Å². The van der Waals surface area contributed by atoms with E-state index in [0.717, 1.165) is 19.6 Å². The minimum absolute atomic E-state index is 0.833. The van der Waals surface area contributed by atoms with Crippen molar-refractivity contribution in [3.63, 3.8) is 0 Å². The first-order chi connectivity index (χ1) is 7.40. The summed E-state index contributed by atoms with van der Waals surface area (Å²) in [4.78, 5) is 18.0. The maximum absolute atomic E-state index is 9.00. The molecule has 0 aliphatic rings. The lowest BCUT2D eigenvalue weighted by Gasteiger charge is -1.93. The van der Waals surface area contributed by atoms with E-state index in [1.165, 1.54) is 0 Å². The SMILES string of the molecule is CC(=O)O.CC(=O)O.COc1ccccc1. The van der Waals surface area contributed by atoms with E-state index in [1.54, 1.807) is 7.11 Å². The van der Waals surface area contributed by atoms with Gasteiger partial charge in [-0.3, -0.25) is 9.59 Å². The second-order valence-electron chi connectivity index (χ2n) is 2.56. The summed E-state index contributed by atoms with van der Waals surface area (Å²) in [6, 6.07) is 9.68. The predicted octanol–water partition coefficient (Wildman–Crippen LogP) is 1.88. The molecule has 2 N–H and O–H groups in total. The molecule has 0 amide bonds. The van der Waals surface area contributed by atoms with Crippen LogP contribution in [0.3, 0.4) is 0 Å². The molecule has 5 nitrogen and oxygen atoms in total. The van der Waals surface area contributed by atoms with Gasteiger partial charge < -0.3 is 14.9 Å². The van der Waals surface area contributed by atoms with Gasteiger partial charge in [0.15, 0.2) is 0 Å². The van der Waals surface area contributed by atoms with Crippen LogP contribution in [0.2, 0.25) is 0 Å². The van der Waals surface area contributed by atoms with Crippen LogP contribution in [0.5, 0.6) is 5.75 Å². The Balaban J connectivity index is 0. The fourth-order valence-corrected chi connectivity index (χ4v) is 0.557. The summed E-state index contributed by atoms with van der Waals surface area (Å²) in [5, 5.41) is 14.8. The molecular formula is C11H16O5. The van der Waals surface area contributed by atoms with Crippen molar-refractivity contribution < 1.29 is 24.5 Å². The molecule has 0 aliphatic carbocycles. The summed E-state index contributed by atoms with van der Waals surface area (Å²) in [6.07, 6.45) is 0. The minimum Gasteiger partial charge on any atom is -0.497 e. The molecule has 0 radical (unpaired) electrons. The standard InChI is InChI=1S/C7H8O.2C2H4O2/c1-8-7-5-3-2-4-6-7;2*1-2(3)4/h2-6H,1H3;2*1H3,(H,3,4). The van der Waals surface area contributed by atoms with Gasteiger partial charge in [0, 0.05) is 13.8 Å². The van der Waals surface area contributed by atoms with Crippen LogP contribution in [0.4, 0.5) is 0 Å². The molecule has 0 atom stereocenters. The van der Waals surface area contributed by atoms with Crippen LogP contribution in [-0.4, -0.2) is 29.3 Å². The first-order valence-electron chi connectivity index (χ1n) is 4.38. The van der Waals surface area contributed by atoms with Crippen molar-refractivity contribution in [1.29, 1.82) is 0 Å². The second kappa shape index (κ2) is 11.0. The van der Waals surface area contributed by atoms with E-state index in [1.807, 2.05) is 30.3 Å². The number of benzene rings is 1. The fraction of sp³-hybridized carbons (Fsp3) is 0.273. The topological polar surface area (TPSA) is 83.8 Å². The number of carbonyl (C=O) groups is 2. The van der Waals surface area contributed by atoms with E-state index in [9.17, 15) is 0 Å². The highest BCUT2D eigenvalue weighted by molar-refractivity contribution is 5.63. The minimum atomic E-state index is -0.833. The van der Waals surface area contributed by atoms with Gasteiger partial charge in [-0.1, -0.05) is 18.2 Å². The Hall–Kier alpha value is -2.04. The molecule has 0 aliphatic heterocycles. The monoisotopic (exact) mass is 228 g/mol. The summed E-state index contributed by atoms with van der Waals surface area (Å²) in [5.74, 6) is -0.757. The lowest BCUT2D eigenvalue weighted by atomic mass is 10.3. The van der Waals surface area contributed by atoms with Gasteiger partial charge in [-0.25, -0.2) is 0 Å². The van der Waals surface area contributed by atoms with Crippen molar-refractivity contribution >= 4 is 11.9 Å². The van der Waals surface area contributed by atoms with E-state index in [2.05, 4.69) is 0 Å². The van der Waals surface area contributed by atoms with Crippen molar-refractivity contribution in [1.82, 2.24) is 0 Å².